The SMILES string of the molecule is CN(C)CCN1CCN(c2cccc(Cl)c2C#N)CC1. The van der Waals surface area contributed by atoms with E-state index in [1.54, 1.807) is 6.07 Å². The van der Waals surface area contributed by atoms with E-state index < -0.39 is 0 Å². The molecule has 108 valence electrons. The molecule has 1 heterocycles. The van der Waals surface area contributed by atoms with Gasteiger partial charge in [0.25, 0.3) is 0 Å². The average Bonchev–Trinajstić information content (AvgIpc) is 2.45. The zero-order valence-electron chi connectivity index (χ0n) is 12.1. The Labute approximate surface area is 126 Å². The van der Waals surface area contributed by atoms with Crippen molar-refractivity contribution >= 4 is 17.3 Å². The lowest BCUT2D eigenvalue weighted by atomic mass is 10.1. The number of nitrogens with zero attached hydrogens (tertiary/aromatic N) is 4. The van der Waals surface area contributed by atoms with E-state index in [1.807, 2.05) is 12.1 Å². The molecule has 0 spiro atoms. The minimum atomic E-state index is 0.542. The van der Waals surface area contributed by atoms with Crippen molar-refractivity contribution in [3.8, 4) is 6.07 Å². The molecule has 0 radical (unpaired) electrons. The molecule has 1 aromatic rings. The minimum absolute atomic E-state index is 0.542. The molecule has 0 atom stereocenters. The molecule has 2 rings (SSSR count). The van der Waals surface area contributed by atoms with Gasteiger partial charge in [0.05, 0.1) is 16.3 Å². The third-order valence-electron chi connectivity index (χ3n) is 3.68. The summed E-state index contributed by atoms with van der Waals surface area (Å²) >= 11 is 6.10. The van der Waals surface area contributed by atoms with Crippen molar-refractivity contribution in [1.82, 2.24) is 9.80 Å². The van der Waals surface area contributed by atoms with Crippen molar-refractivity contribution in [3.63, 3.8) is 0 Å². The second-order valence-electron chi connectivity index (χ2n) is 5.38. The van der Waals surface area contributed by atoms with Crippen LogP contribution < -0.4 is 4.90 Å². The van der Waals surface area contributed by atoms with Gasteiger partial charge in [-0.05, 0) is 26.2 Å². The van der Waals surface area contributed by atoms with Gasteiger partial charge in [-0.1, -0.05) is 17.7 Å². The molecule has 1 fully saturated rings. The van der Waals surface area contributed by atoms with Crippen molar-refractivity contribution in [1.29, 1.82) is 5.26 Å². The number of hydrogen-bond acceptors (Lipinski definition) is 4. The van der Waals surface area contributed by atoms with E-state index in [2.05, 4.69) is 34.9 Å². The highest BCUT2D eigenvalue weighted by Crippen LogP contribution is 2.27. The van der Waals surface area contributed by atoms with Crippen LogP contribution in [0.2, 0.25) is 5.02 Å². The summed E-state index contributed by atoms with van der Waals surface area (Å²) in [4.78, 5) is 6.93. The number of likely N-dealkylation sites (N-methyl/N-ethyl adjacent to an activating group) is 1. The Morgan fingerprint density at radius 1 is 1.25 bits per heavy atom. The van der Waals surface area contributed by atoms with E-state index >= 15 is 0 Å². The standard InChI is InChI=1S/C15H21ClN4/c1-18(2)6-7-19-8-10-20(11-9-19)15-5-3-4-14(16)13(15)12-17/h3-5H,6-11H2,1-2H3. The summed E-state index contributed by atoms with van der Waals surface area (Å²) in [5.41, 5.74) is 1.56. The molecule has 1 aromatic carbocycles. The second kappa shape index (κ2) is 6.94. The second-order valence-corrected chi connectivity index (χ2v) is 5.78. The van der Waals surface area contributed by atoms with E-state index in [0.717, 1.165) is 45.0 Å². The van der Waals surface area contributed by atoms with Crippen LogP contribution in [0, 0.1) is 11.3 Å². The predicted molar refractivity (Wildman–Crippen MR) is 83.4 cm³/mol. The van der Waals surface area contributed by atoms with Crippen LogP contribution in [-0.2, 0) is 0 Å². The monoisotopic (exact) mass is 292 g/mol. The molecular formula is C15H21ClN4. The van der Waals surface area contributed by atoms with Crippen LogP contribution in [0.1, 0.15) is 5.56 Å². The Morgan fingerprint density at radius 3 is 2.55 bits per heavy atom. The van der Waals surface area contributed by atoms with Crippen LogP contribution in [-0.4, -0.2) is 63.2 Å². The van der Waals surface area contributed by atoms with Crippen molar-refractivity contribution in [2.24, 2.45) is 0 Å². The molecule has 0 saturated carbocycles. The molecule has 1 aliphatic rings. The van der Waals surface area contributed by atoms with E-state index in [9.17, 15) is 5.26 Å². The third kappa shape index (κ3) is 3.63. The number of halogens is 1. The van der Waals surface area contributed by atoms with Crippen molar-refractivity contribution in [2.45, 2.75) is 0 Å². The Morgan fingerprint density at radius 2 is 1.95 bits per heavy atom. The highest BCUT2D eigenvalue weighted by Gasteiger charge is 2.20. The van der Waals surface area contributed by atoms with Crippen LogP contribution in [0.3, 0.4) is 0 Å². The molecule has 0 aliphatic carbocycles. The van der Waals surface area contributed by atoms with Crippen molar-refractivity contribution < 1.29 is 0 Å². The first kappa shape index (κ1) is 15.1. The normalized spacial score (nSPS) is 16.4. The van der Waals surface area contributed by atoms with Gasteiger partial charge in [0.2, 0.25) is 0 Å². The molecule has 20 heavy (non-hydrogen) atoms. The minimum Gasteiger partial charge on any atom is -0.368 e. The molecule has 5 heteroatoms. The highest BCUT2D eigenvalue weighted by atomic mass is 35.5. The molecule has 0 N–H and O–H groups in total. The van der Waals surface area contributed by atoms with Gasteiger partial charge in [-0.15, -0.1) is 0 Å². The smallest absolute Gasteiger partial charge is 0.103 e. The van der Waals surface area contributed by atoms with Gasteiger partial charge in [0.1, 0.15) is 6.07 Å². The Balaban J connectivity index is 1.98. The fourth-order valence-corrected chi connectivity index (χ4v) is 2.65. The Bertz CT molecular complexity index is 487. The number of piperazine rings is 1. The summed E-state index contributed by atoms with van der Waals surface area (Å²) in [5.74, 6) is 0. The molecule has 0 aromatic heterocycles. The molecule has 0 bridgehead atoms. The van der Waals surface area contributed by atoms with Crippen LogP contribution in [0.15, 0.2) is 18.2 Å². The van der Waals surface area contributed by atoms with Crippen LogP contribution >= 0.6 is 11.6 Å². The first-order valence-electron chi connectivity index (χ1n) is 6.92. The average molecular weight is 293 g/mol. The van der Waals surface area contributed by atoms with Crippen LogP contribution in [0.5, 0.6) is 0 Å². The molecule has 0 amide bonds. The third-order valence-corrected chi connectivity index (χ3v) is 3.99. The van der Waals surface area contributed by atoms with Crippen LogP contribution in [0.25, 0.3) is 0 Å². The van der Waals surface area contributed by atoms with Gasteiger partial charge in [0.15, 0.2) is 0 Å². The van der Waals surface area contributed by atoms with Crippen LogP contribution in [0.4, 0.5) is 5.69 Å². The quantitative estimate of drug-likeness (QED) is 0.849. The van der Waals surface area contributed by atoms with E-state index in [1.165, 1.54) is 0 Å². The number of anilines is 1. The molecule has 4 nitrogen and oxygen atoms in total. The van der Waals surface area contributed by atoms with Gasteiger partial charge >= 0.3 is 0 Å². The van der Waals surface area contributed by atoms with Gasteiger partial charge in [-0.25, -0.2) is 0 Å². The molecule has 1 aliphatic heterocycles. The van der Waals surface area contributed by atoms with Gasteiger partial charge in [-0.2, -0.15) is 5.26 Å². The molecular weight excluding hydrogens is 272 g/mol. The maximum Gasteiger partial charge on any atom is 0.103 e. The van der Waals surface area contributed by atoms with Crippen molar-refractivity contribution in [2.75, 3.05) is 58.3 Å². The first-order chi connectivity index (χ1) is 9.61. The lowest BCUT2D eigenvalue weighted by molar-refractivity contribution is 0.229. The maximum absolute atomic E-state index is 9.25. The predicted octanol–water partition coefficient (Wildman–Crippen LogP) is 1.90. The fourth-order valence-electron chi connectivity index (χ4n) is 2.44. The Hall–Kier alpha value is -1.28. The number of nitriles is 1. The van der Waals surface area contributed by atoms with Crippen molar-refractivity contribution in [3.05, 3.63) is 28.8 Å². The zero-order valence-corrected chi connectivity index (χ0v) is 12.9. The molecule has 1 saturated heterocycles. The largest absolute Gasteiger partial charge is 0.368 e. The fraction of sp³-hybridized carbons (Fsp3) is 0.533. The first-order valence-corrected chi connectivity index (χ1v) is 7.30. The summed E-state index contributed by atoms with van der Waals surface area (Å²) in [5, 5.41) is 9.79. The maximum atomic E-state index is 9.25. The van der Waals surface area contributed by atoms with E-state index in [4.69, 9.17) is 11.6 Å². The lowest BCUT2D eigenvalue weighted by Crippen LogP contribution is -2.48. The topological polar surface area (TPSA) is 33.5 Å². The van der Waals surface area contributed by atoms with Gasteiger partial charge in [-0.3, -0.25) is 4.90 Å². The lowest BCUT2D eigenvalue weighted by Gasteiger charge is -2.36. The van der Waals surface area contributed by atoms with Gasteiger partial charge in [0, 0.05) is 39.3 Å². The summed E-state index contributed by atoms with van der Waals surface area (Å²) in [6, 6.07) is 7.89. The molecule has 0 unspecified atom stereocenters. The summed E-state index contributed by atoms with van der Waals surface area (Å²) in [6.45, 7) is 6.14. The Kier molecular flexibility index (Phi) is 5.24. The van der Waals surface area contributed by atoms with E-state index in [0.29, 0.717) is 10.6 Å². The summed E-state index contributed by atoms with van der Waals surface area (Å²) in [6.07, 6.45) is 0. The summed E-state index contributed by atoms with van der Waals surface area (Å²) < 4.78 is 0. The zero-order chi connectivity index (χ0) is 14.5. The number of rotatable bonds is 4. The number of hydrogen-bond donors (Lipinski definition) is 0. The van der Waals surface area contributed by atoms with Gasteiger partial charge < -0.3 is 9.80 Å². The van der Waals surface area contributed by atoms with E-state index in [-0.39, 0.29) is 0 Å². The highest BCUT2D eigenvalue weighted by molar-refractivity contribution is 6.32. The summed E-state index contributed by atoms with van der Waals surface area (Å²) in [7, 11) is 4.20. The number of benzene rings is 1.